The number of carbonyl (C=O) groups is 1. The number of hydrogen-bond donors (Lipinski definition) is 2. The minimum absolute atomic E-state index is 0.0918. The fourth-order valence-electron chi connectivity index (χ4n) is 2.75. The maximum atomic E-state index is 12.5. The maximum absolute atomic E-state index is 12.5. The highest BCUT2D eigenvalue weighted by molar-refractivity contribution is 7.99. The van der Waals surface area contributed by atoms with Crippen molar-refractivity contribution in [1.82, 2.24) is 15.3 Å². The first-order chi connectivity index (χ1) is 10.2. The Morgan fingerprint density at radius 1 is 1.48 bits per heavy atom. The Morgan fingerprint density at radius 3 is 3.05 bits per heavy atom. The molecule has 0 saturated heterocycles. The van der Waals surface area contributed by atoms with Crippen molar-refractivity contribution in [2.75, 3.05) is 11.5 Å². The van der Waals surface area contributed by atoms with Crippen LogP contribution in [-0.4, -0.2) is 32.9 Å². The van der Waals surface area contributed by atoms with E-state index in [1.165, 1.54) is 24.2 Å². The summed E-state index contributed by atoms with van der Waals surface area (Å²) >= 11 is 3.24. The highest BCUT2D eigenvalue weighted by Crippen LogP contribution is 2.33. The van der Waals surface area contributed by atoms with E-state index in [1.807, 2.05) is 11.8 Å². The van der Waals surface area contributed by atoms with E-state index in [0.29, 0.717) is 26.2 Å². The van der Waals surface area contributed by atoms with Gasteiger partial charge in [-0.25, -0.2) is 9.97 Å². The summed E-state index contributed by atoms with van der Waals surface area (Å²) in [5.74, 6) is 0.988. The van der Waals surface area contributed by atoms with Gasteiger partial charge in [-0.15, -0.1) is 11.3 Å². The third-order valence-corrected chi connectivity index (χ3v) is 6.15. The molecule has 2 atom stereocenters. The highest BCUT2D eigenvalue weighted by atomic mass is 32.2. The first kappa shape index (κ1) is 14.6. The molecule has 1 aliphatic carbocycles. The summed E-state index contributed by atoms with van der Waals surface area (Å²) in [5, 5.41) is 3.67. The van der Waals surface area contributed by atoms with Gasteiger partial charge in [0.25, 0.3) is 5.91 Å². The lowest BCUT2D eigenvalue weighted by Gasteiger charge is -2.19. The smallest absolute Gasteiger partial charge is 0.263 e. The van der Waals surface area contributed by atoms with Gasteiger partial charge in [-0.1, -0.05) is 13.3 Å². The monoisotopic (exact) mass is 322 g/mol. The molecular weight excluding hydrogens is 304 g/mol. The van der Waals surface area contributed by atoms with Crippen molar-refractivity contribution < 1.29 is 4.79 Å². The van der Waals surface area contributed by atoms with Gasteiger partial charge in [0.1, 0.15) is 15.2 Å². The number of nitrogens with zero attached hydrogens (tertiary/aromatic N) is 2. The molecule has 3 rings (SSSR count). The lowest BCUT2D eigenvalue weighted by atomic mass is 10.2. The third-order valence-electron chi connectivity index (χ3n) is 3.72. The molecule has 5 nitrogen and oxygen atoms in total. The molecule has 0 aromatic carbocycles. The molecule has 1 fully saturated rings. The number of nitrogen functional groups attached to an aromatic ring is 1. The Bertz CT molecular complexity index is 657. The van der Waals surface area contributed by atoms with Crippen LogP contribution in [0.1, 0.15) is 35.9 Å². The number of fused-ring (bicyclic) bond motifs is 1. The van der Waals surface area contributed by atoms with E-state index in [2.05, 4.69) is 22.2 Å². The molecule has 1 saturated carbocycles. The topological polar surface area (TPSA) is 80.9 Å². The van der Waals surface area contributed by atoms with E-state index in [0.717, 1.165) is 12.2 Å². The van der Waals surface area contributed by atoms with Crippen molar-refractivity contribution in [2.45, 2.75) is 37.5 Å². The van der Waals surface area contributed by atoms with Gasteiger partial charge in [-0.05, 0) is 18.6 Å². The summed E-state index contributed by atoms with van der Waals surface area (Å²) in [4.78, 5) is 22.2. The van der Waals surface area contributed by atoms with Crippen molar-refractivity contribution >= 4 is 45.0 Å². The molecule has 1 aliphatic rings. The zero-order valence-electron chi connectivity index (χ0n) is 11.8. The first-order valence-corrected chi connectivity index (χ1v) is 8.98. The van der Waals surface area contributed by atoms with E-state index in [-0.39, 0.29) is 11.9 Å². The first-order valence-electron chi connectivity index (χ1n) is 7.12. The van der Waals surface area contributed by atoms with Crippen LogP contribution in [0.25, 0.3) is 10.3 Å². The number of thioether (sulfide) groups is 1. The van der Waals surface area contributed by atoms with E-state index in [1.54, 1.807) is 12.4 Å². The highest BCUT2D eigenvalue weighted by Gasteiger charge is 2.30. The lowest BCUT2D eigenvalue weighted by Crippen LogP contribution is -2.38. The fraction of sp³-hybridized carbons (Fsp3) is 0.500. The van der Waals surface area contributed by atoms with E-state index in [9.17, 15) is 4.79 Å². The van der Waals surface area contributed by atoms with Crippen LogP contribution < -0.4 is 11.1 Å². The average Bonchev–Trinajstić information content (AvgIpc) is 3.05. The van der Waals surface area contributed by atoms with E-state index in [4.69, 9.17) is 5.73 Å². The minimum Gasteiger partial charge on any atom is -0.396 e. The van der Waals surface area contributed by atoms with Crippen LogP contribution in [0, 0.1) is 0 Å². The SMILES string of the molecule is CCSC1CCCC1NC(=O)c1sc2nccnc2c1N. The number of nitrogens with two attached hydrogens (primary N) is 1. The molecule has 7 heteroatoms. The predicted molar refractivity (Wildman–Crippen MR) is 88.9 cm³/mol. The Kier molecular flexibility index (Phi) is 4.30. The number of rotatable bonds is 4. The summed E-state index contributed by atoms with van der Waals surface area (Å²) in [6.07, 6.45) is 6.61. The van der Waals surface area contributed by atoms with Crippen molar-refractivity contribution in [3.63, 3.8) is 0 Å². The van der Waals surface area contributed by atoms with Crippen LogP contribution in [-0.2, 0) is 0 Å². The Morgan fingerprint density at radius 2 is 2.29 bits per heavy atom. The van der Waals surface area contributed by atoms with E-state index < -0.39 is 0 Å². The van der Waals surface area contributed by atoms with Gasteiger partial charge in [0.2, 0.25) is 0 Å². The Hall–Kier alpha value is -1.34. The molecule has 112 valence electrons. The number of anilines is 1. The van der Waals surface area contributed by atoms with Gasteiger partial charge in [0.15, 0.2) is 0 Å². The Balaban J connectivity index is 1.79. The van der Waals surface area contributed by atoms with Gasteiger partial charge in [-0.2, -0.15) is 11.8 Å². The maximum Gasteiger partial charge on any atom is 0.263 e. The minimum atomic E-state index is -0.0918. The second kappa shape index (κ2) is 6.19. The number of amides is 1. The second-order valence-corrected chi connectivity index (χ2v) is 7.57. The summed E-state index contributed by atoms with van der Waals surface area (Å²) in [7, 11) is 0. The molecular formula is C14H18N4OS2. The number of aromatic nitrogens is 2. The van der Waals surface area contributed by atoms with Gasteiger partial charge in [0.05, 0.1) is 5.69 Å². The molecule has 21 heavy (non-hydrogen) atoms. The molecule has 0 spiro atoms. The van der Waals surface area contributed by atoms with Crippen molar-refractivity contribution in [1.29, 1.82) is 0 Å². The number of carbonyl (C=O) groups excluding carboxylic acids is 1. The standard InChI is InChI=1S/C14H18N4OS2/c1-2-20-9-5-3-4-8(9)18-13(19)12-10(15)11-14(21-12)17-7-6-16-11/h6-9H,2-5,15H2,1H3,(H,18,19). The summed E-state index contributed by atoms with van der Waals surface area (Å²) < 4.78 is 0. The lowest BCUT2D eigenvalue weighted by molar-refractivity contribution is 0.0943. The van der Waals surface area contributed by atoms with Crippen LogP contribution >= 0.6 is 23.1 Å². The fourth-order valence-corrected chi connectivity index (χ4v) is 4.87. The number of hydrogen-bond acceptors (Lipinski definition) is 6. The van der Waals surface area contributed by atoms with Crippen LogP contribution in [0.3, 0.4) is 0 Å². The molecule has 3 N–H and O–H groups in total. The second-order valence-electron chi connectivity index (χ2n) is 5.06. The third kappa shape index (κ3) is 2.85. The van der Waals surface area contributed by atoms with Crippen LogP contribution in [0.15, 0.2) is 12.4 Å². The molecule has 0 aliphatic heterocycles. The molecule has 2 aromatic rings. The average molecular weight is 322 g/mol. The van der Waals surface area contributed by atoms with Crippen LogP contribution in [0.2, 0.25) is 0 Å². The molecule has 2 heterocycles. The van der Waals surface area contributed by atoms with Crippen LogP contribution in [0.5, 0.6) is 0 Å². The number of thiophene rings is 1. The van der Waals surface area contributed by atoms with Gasteiger partial charge in [-0.3, -0.25) is 4.79 Å². The van der Waals surface area contributed by atoms with E-state index >= 15 is 0 Å². The summed E-state index contributed by atoms with van der Waals surface area (Å²) in [6, 6.07) is 0.244. The quantitative estimate of drug-likeness (QED) is 0.904. The Labute approximate surface area is 131 Å². The molecule has 2 unspecified atom stereocenters. The van der Waals surface area contributed by atoms with Crippen LogP contribution in [0.4, 0.5) is 5.69 Å². The predicted octanol–water partition coefficient (Wildman–Crippen LogP) is 2.68. The largest absolute Gasteiger partial charge is 0.396 e. The summed E-state index contributed by atoms with van der Waals surface area (Å²) in [5.41, 5.74) is 7.12. The zero-order valence-corrected chi connectivity index (χ0v) is 13.5. The summed E-state index contributed by atoms with van der Waals surface area (Å²) in [6.45, 7) is 2.16. The zero-order chi connectivity index (χ0) is 14.8. The van der Waals surface area contributed by atoms with Crippen molar-refractivity contribution in [3.8, 4) is 0 Å². The van der Waals surface area contributed by atoms with Crippen molar-refractivity contribution in [2.24, 2.45) is 0 Å². The molecule has 1 amide bonds. The van der Waals surface area contributed by atoms with Gasteiger partial charge < -0.3 is 11.1 Å². The number of nitrogens with one attached hydrogen (secondary N) is 1. The van der Waals surface area contributed by atoms with Gasteiger partial charge >= 0.3 is 0 Å². The molecule has 0 bridgehead atoms. The normalized spacial score (nSPS) is 21.8. The molecule has 0 radical (unpaired) electrons. The van der Waals surface area contributed by atoms with Crippen molar-refractivity contribution in [3.05, 3.63) is 17.3 Å². The van der Waals surface area contributed by atoms with Gasteiger partial charge in [0, 0.05) is 23.7 Å². The molecule has 2 aromatic heterocycles.